The summed E-state index contributed by atoms with van der Waals surface area (Å²) in [5.41, 5.74) is 0.176. The summed E-state index contributed by atoms with van der Waals surface area (Å²) in [5.74, 6) is 0.187. The number of carbonyl (C=O) groups excluding carboxylic acids is 1. The molecule has 0 aliphatic heterocycles. The number of hydrogen-bond donors (Lipinski definition) is 0. The first-order valence-corrected chi connectivity index (χ1v) is 7.75. The van der Waals surface area contributed by atoms with Crippen LogP contribution in [-0.2, 0) is 14.8 Å². The van der Waals surface area contributed by atoms with E-state index in [9.17, 15) is 13.2 Å². The molecular weight excluding hydrogens is 278 g/mol. The molecule has 1 aliphatic carbocycles. The molecule has 0 N–H and O–H groups in total. The zero-order valence-corrected chi connectivity index (χ0v) is 11.9. The average Bonchev–Trinajstić information content (AvgIpc) is 2.47. The molecule has 0 saturated heterocycles. The molecule has 0 atom stereocenters. The van der Waals surface area contributed by atoms with Crippen molar-refractivity contribution in [1.82, 2.24) is 9.29 Å². The number of aromatic nitrogens is 1. The van der Waals surface area contributed by atoms with Crippen molar-refractivity contribution >= 4 is 15.8 Å². The molecule has 20 heavy (non-hydrogen) atoms. The molecule has 0 unspecified atom stereocenters. The SMILES string of the molecule is CN(C1CCC(=O)CC1)S(=O)(=O)c1ccc(C#N)nc1. The lowest BCUT2D eigenvalue weighted by molar-refractivity contribution is -0.120. The number of carbonyl (C=O) groups is 1. The van der Waals surface area contributed by atoms with Crippen molar-refractivity contribution in [2.45, 2.75) is 36.6 Å². The lowest BCUT2D eigenvalue weighted by Crippen LogP contribution is -2.39. The van der Waals surface area contributed by atoms with Crippen LogP contribution in [0.4, 0.5) is 0 Å². The van der Waals surface area contributed by atoms with Crippen LogP contribution >= 0.6 is 0 Å². The molecule has 1 heterocycles. The van der Waals surface area contributed by atoms with E-state index in [1.54, 1.807) is 0 Å². The van der Waals surface area contributed by atoms with Gasteiger partial charge in [-0.05, 0) is 25.0 Å². The fourth-order valence-electron chi connectivity index (χ4n) is 2.25. The van der Waals surface area contributed by atoms with Gasteiger partial charge in [-0.15, -0.1) is 0 Å². The van der Waals surface area contributed by atoms with Gasteiger partial charge in [-0.25, -0.2) is 13.4 Å². The number of nitrogens with zero attached hydrogens (tertiary/aromatic N) is 3. The van der Waals surface area contributed by atoms with E-state index in [1.807, 2.05) is 6.07 Å². The van der Waals surface area contributed by atoms with Crippen LogP contribution in [0.5, 0.6) is 0 Å². The second-order valence-corrected chi connectivity index (χ2v) is 6.78. The van der Waals surface area contributed by atoms with Crippen LogP contribution < -0.4 is 0 Å². The summed E-state index contributed by atoms with van der Waals surface area (Å²) in [6.07, 6.45) is 3.15. The van der Waals surface area contributed by atoms with E-state index in [4.69, 9.17) is 5.26 Å². The number of pyridine rings is 1. The molecule has 6 nitrogen and oxygen atoms in total. The number of Topliss-reactive ketones (excluding diaryl/α,β-unsaturated/α-hetero) is 1. The first-order chi connectivity index (χ1) is 9.45. The van der Waals surface area contributed by atoms with Gasteiger partial charge in [0.2, 0.25) is 10.0 Å². The van der Waals surface area contributed by atoms with Crippen molar-refractivity contribution in [1.29, 1.82) is 5.26 Å². The largest absolute Gasteiger partial charge is 0.300 e. The van der Waals surface area contributed by atoms with Crippen molar-refractivity contribution in [2.75, 3.05) is 7.05 Å². The minimum atomic E-state index is -3.63. The van der Waals surface area contributed by atoms with Crippen molar-refractivity contribution in [3.8, 4) is 6.07 Å². The Morgan fingerprint density at radius 3 is 2.50 bits per heavy atom. The Labute approximate surface area is 118 Å². The van der Waals surface area contributed by atoms with E-state index in [1.165, 1.54) is 29.7 Å². The second kappa shape index (κ2) is 5.69. The Hall–Kier alpha value is -1.78. The highest BCUT2D eigenvalue weighted by atomic mass is 32.2. The normalized spacial score (nSPS) is 17.1. The fourth-order valence-corrected chi connectivity index (χ4v) is 3.61. The Balaban J connectivity index is 2.20. The maximum atomic E-state index is 12.4. The highest BCUT2D eigenvalue weighted by molar-refractivity contribution is 7.89. The first kappa shape index (κ1) is 14.6. The molecule has 1 fully saturated rings. The lowest BCUT2D eigenvalue weighted by Gasteiger charge is -2.29. The Morgan fingerprint density at radius 2 is 2.00 bits per heavy atom. The summed E-state index contributed by atoms with van der Waals surface area (Å²) in [6, 6.07) is 4.45. The summed E-state index contributed by atoms with van der Waals surface area (Å²) in [6.45, 7) is 0. The third-order valence-electron chi connectivity index (χ3n) is 3.55. The van der Waals surface area contributed by atoms with Gasteiger partial charge in [0.25, 0.3) is 0 Å². The molecule has 106 valence electrons. The molecular formula is C13H15N3O3S. The minimum Gasteiger partial charge on any atom is -0.300 e. The van der Waals surface area contributed by atoms with E-state index in [-0.39, 0.29) is 22.4 Å². The van der Waals surface area contributed by atoms with Crippen LogP contribution in [0.2, 0.25) is 0 Å². The van der Waals surface area contributed by atoms with Gasteiger partial charge < -0.3 is 0 Å². The van der Waals surface area contributed by atoms with Crippen molar-refractivity contribution in [3.63, 3.8) is 0 Å². The van der Waals surface area contributed by atoms with Gasteiger partial charge in [0.1, 0.15) is 22.4 Å². The third-order valence-corrected chi connectivity index (χ3v) is 5.45. The van der Waals surface area contributed by atoms with Crippen molar-refractivity contribution in [3.05, 3.63) is 24.0 Å². The molecule has 1 aliphatic rings. The maximum absolute atomic E-state index is 12.4. The number of rotatable bonds is 3. The van der Waals surface area contributed by atoms with Gasteiger partial charge in [0.15, 0.2) is 0 Å². The molecule has 0 amide bonds. The molecule has 2 rings (SSSR count). The van der Waals surface area contributed by atoms with Crippen LogP contribution in [0.15, 0.2) is 23.2 Å². The quantitative estimate of drug-likeness (QED) is 0.831. The second-order valence-electron chi connectivity index (χ2n) is 4.78. The maximum Gasteiger partial charge on any atom is 0.244 e. The van der Waals surface area contributed by atoms with Crippen LogP contribution in [0.1, 0.15) is 31.4 Å². The van der Waals surface area contributed by atoms with Gasteiger partial charge in [0.05, 0.1) is 0 Å². The molecule has 1 aromatic heterocycles. The zero-order valence-electron chi connectivity index (χ0n) is 11.1. The van der Waals surface area contributed by atoms with E-state index in [0.717, 1.165) is 0 Å². The molecule has 1 aromatic rings. The van der Waals surface area contributed by atoms with Gasteiger partial charge in [-0.3, -0.25) is 4.79 Å². The number of sulfonamides is 1. The van der Waals surface area contributed by atoms with Crippen LogP contribution in [0, 0.1) is 11.3 Å². The number of nitriles is 1. The van der Waals surface area contributed by atoms with E-state index >= 15 is 0 Å². The van der Waals surface area contributed by atoms with Crippen molar-refractivity contribution < 1.29 is 13.2 Å². The van der Waals surface area contributed by atoms with Gasteiger partial charge in [-0.2, -0.15) is 9.57 Å². The van der Waals surface area contributed by atoms with Crippen LogP contribution in [0.3, 0.4) is 0 Å². The highest BCUT2D eigenvalue weighted by Gasteiger charge is 2.30. The third kappa shape index (κ3) is 2.86. The predicted molar refractivity (Wildman–Crippen MR) is 71.2 cm³/mol. The molecule has 7 heteroatoms. The predicted octanol–water partition coefficient (Wildman–Crippen LogP) is 1.09. The van der Waals surface area contributed by atoms with Crippen molar-refractivity contribution in [2.24, 2.45) is 0 Å². The molecule has 0 bridgehead atoms. The van der Waals surface area contributed by atoms with E-state index in [0.29, 0.717) is 25.7 Å². The van der Waals surface area contributed by atoms with Crippen LogP contribution in [0.25, 0.3) is 0 Å². The van der Waals surface area contributed by atoms with E-state index < -0.39 is 10.0 Å². The summed E-state index contributed by atoms with van der Waals surface area (Å²) in [5, 5.41) is 8.66. The summed E-state index contributed by atoms with van der Waals surface area (Å²) < 4.78 is 26.2. The molecule has 0 radical (unpaired) electrons. The fraction of sp³-hybridized carbons (Fsp3) is 0.462. The van der Waals surface area contributed by atoms with E-state index in [2.05, 4.69) is 4.98 Å². The van der Waals surface area contributed by atoms with Gasteiger partial charge >= 0.3 is 0 Å². The molecule has 0 aromatic carbocycles. The Bertz CT molecular complexity index is 636. The lowest BCUT2D eigenvalue weighted by atomic mass is 9.95. The average molecular weight is 293 g/mol. The topological polar surface area (TPSA) is 91.1 Å². The monoisotopic (exact) mass is 293 g/mol. The summed E-state index contributed by atoms with van der Waals surface area (Å²) in [7, 11) is -2.11. The highest BCUT2D eigenvalue weighted by Crippen LogP contribution is 2.24. The van der Waals surface area contributed by atoms with Crippen LogP contribution in [-0.4, -0.2) is 36.6 Å². The standard InChI is InChI=1S/C13H15N3O3S/c1-16(11-3-5-12(17)6-4-11)20(18,19)13-7-2-10(8-14)15-9-13/h2,7,9,11H,3-6H2,1H3. The smallest absolute Gasteiger partial charge is 0.244 e. The number of ketones is 1. The Morgan fingerprint density at radius 1 is 1.35 bits per heavy atom. The summed E-state index contributed by atoms with van der Waals surface area (Å²) >= 11 is 0. The Kier molecular flexibility index (Phi) is 4.16. The minimum absolute atomic E-state index is 0.0656. The van der Waals surface area contributed by atoms with Gasteiger partial charge in [0, 0.05) is 32.1 Å². The van der Waals surface area contributed by atoms with Gasteiger partial charge in [-0.1, -0.05) is 0 Å². The summed E-state index contributed by atoms with van der Waals surface area (Å²) in [4.78, 5) is 15.1. The molecule has 0 spiro atoms. The first-order valence-electron chi connectivity index (χ1n) is 6.31. The molecule has 1 saturated carbocycles. The number of hydrogen-bond acceptors (Lipinski definition) is 5. The zero-order chi connectivity index (χ0) is 14.8.